The predicted molar refractivity (Wildman–Crippen MR) is 141 cm³/mol. The van der Waals surface area contributed by atoms with Gasteiger partial charge >= 0.3 is 6.18 Å². The summed E-state index contributed by atoms with van der Waals surface area (Å²) in [5, 5.41) is 6.66. The number of thiophene rings is 1. The molecule has 2 aromatic heterocycles. The van der Waals surface area contributed by atoms with Gasteiger partial charge in [0.25, 0.3) is 5.91 Å². The number of aromatic nitrogens is 1. The van der Waals surface area contributed by atoms with Crippen LogP contribution >= 0.6 is 11.3 Å². The number of hydrogen-bond acceptors (Lipinski definition) is 7. The van der Waals surface area contributed by atoms with Crippen LogP contribution in [-0.2, 0) is 6.42 Å². The molecule has 1 aromatic carbocycles. The van der Waals surface area contributed by atoms with Crippen molar-refractivity contribution in [3.63, 3.8) is 0 Å². The van der Waals surface area contributed by atoms with Crippen LogP contribution in [-0.4, -0.2) is 68.0 Å². The minimum atomic E-state index is -4.43. The van der Waals surface area contributed by atoms with Crippen LogP contribution < -0.4 is 21.1 Å². The molecule has 1 amide bonds. The van der Waals surface area contributed by atoms with Crippen LogP contribution in [0.1, 0.15) is 27.3 Å². The van der Waals surface area contributed by atoms with Gasteiger partial charge in [-0.3, -0.25) is 4.79 Å². The second-order valence-corrected chi connectivity index (χ2v) is 10.0. The van der Waals surface area contributed by atoms with Crippen molar-refractivity contribution in [2.75, 3.05) is 44.4 Å². The Morgan fingerprint density at radius 2 is 2.13 bits per heavy atom. The second-order valence-electron chi connectivity index (χ2n) is 8.99. The number of anilines is 2. The Labute approximate surface area is 221 Å². The van der Waals surface area contributed by atoms with Gasteiger partial charge in [-0.1, -0.05) is 24.0 Å². The highest BCUT2D eigenvalue weighted by Gasteiger charge is 2.32. The molecule has 3 heterocycles. The van der Waals surface area contributed by atoms with Gasteiger partial charge in [-0.2, -0.15) is 13.2 Å². The Balaban J connectivity index is 1.60. The first kappa shape index (κ1) is 27.5. The third-order valence-electron chi connectivity index (χ3n) is 6.19. The number of methoxy groups -OCH3 is 1. The summed E-state index contributed by atoms with van der Waals surface area (Å²) >= 11 is 1.16. The molecular formula is C26H27F4N5O2S. The van der Waals surface area contributed by atoms with Crippen molar-refractivity contribution in [1.82, 2.24) is 9.88 Å². The van der Waals surface area contributed by atoms with Gasteiger partial charge in [0.05, 0.1) is 53.3 Å². The van der Waals surface area contributed by atoms with E-state index in [2.05, 4.69) is 27.5 Å². The lowest BCUT2D eigenvalue weighted by Crippen LogP contribution is -2.46. The molecule has 0 saturated carbocycles. The number of nitrogens with zero attached hydrogens (tertiary/aromatic N) is 2. The quantitative estimate of drug-likeness (QED) is 0.299. The van der Waals surface area contributed by atoms with E-state index in [1.54, 1.807) is 18.2 Å². The van der Waals surface area contributed by atoms with Crippen molar-refractivity contribution in [2.45, 2.75) is 31.2 Å². The van der Waals surface area contributed by atoms with Crippen molar-refractivity contribution >= 4 is 38.7 Å². The SMILES string of the molecule is COc1cc(C(N)=O)ncc1NCC#Cc1sc2c(NC3CCN(C)CC3F)cccc2c1CC(F)(F)F. The molecule has 2 unspecified atom stereocenters. The maximum atomic E-state index is 14.6. The Morgan fingerprint density at radius 3 is 2.82 bits per heavy atom. The van der Waals surface area contributed by atoms with Crippen LogP contribution in [0, 0.1) is 11.8 Å². The fourth-order valence-corrected chi connectivity index (χ4v) is 5.49. The first-order chi connectivity index (χ1) is 18.1. The Hall–Kier alpha value is -3.56. The first-order valence-corrected chi connectivity index (χ1v) is 12.6. The number of hydrogen-bond donors (Lipinski definition) is 3. The number of piperidine rings is 1. The van der Waals surface area contributed by atoms with Gasteiger partial charge in [-0.05, 0) is 30.5 Å². The fourth-order valence-electron chi connectivity index (χ4n) is 4.32. The Morgan fingerprint density at radius 1 is 1.34 bits per heavy atom. The lowest BCUT2D eigenvalue weighted by molar-refractivity contribution is -0.126. The second kappa shape index (κ2) is 11.4. The fraction of sp³-hybridized carbons (Fsp3) is 0.385. The average molecular weight is 550 g/mol. The Kier molecular flexibility index (Phi) is 8.28. The molecule has 4 N–H and O–H groups in total. The third-order valence-corrected chi connectivity index (χ3v) is 7.39. The molecule has 2 atom stereocenters. The number of carbonyl (C=O) groups is 1. The number of rotatable bonds is 7. The van der Waals surface area contributed by atoms with Crippen molar-refractivity contribution in [2.24, 2.45) is 5.73 Å². The van der Waals surface area contributed by atoms with E-state index in [0.717, 1.165) is 17.9 Å². The number of alkyl halides is 4. The van der Waals surface area contributed by atoms with E-state index in [9.17, 15) is 22.4 Å². The van der Waals surface area contributed by atoms with E-state index in [1.807, 2.05) is 11.9 Å². The molecule has 0 radical (unpaired) electrons. The largest absolute Gasteiger partial charge is 0.494 e. The predicted octanol–water partition coefficient (Wildman–Crippen LogP) is 4.43. The van der Waals surface area contributed by atoms with Crippen LogP contribution in [0.3, 0.4) is 0 Å². The lowest BCUT2D eigenvalue weighted by Gasteiger charge is -2.33. The number of primary amides is 1. The summed E-state index contributed by atoms with van der Waals surface area (Å²) < 4.78 is 61.0. The number of nitrogens with one attached hydrogen (secondary N) is 2. The summed E-state index contributed by atoms with van der Waals surface area (Å²) in [7, 11) is 3.27. The van der Waals surface area contributed by atoms with Crippen molar-refractivity contribution in [3.05, 3.63) is 46.6 Å². The summed E-state index contributed by atoms with van der Waals surface area (Å²) in [6, 6.07) is 6.03. The number of carbonyl (C=O) groups excluding carboxylic acids is 1. The van der Waals surface area contributed by atoms with E-state index in [0.29, 0.717) is 45.1 Å². The maximum Gasteiger partial charge on any atom is 0.393 e. The van der Waals surface area contributed by atoms with Gasteiger partial charge in [0.1, 0.15) is 17.6 Å². The number of benzene rings is 1. The molecule has 1 aliphatic heterocycles. The van der Waals surface area contributed by atoms with Crippen LogP contribution in [0.15, 0.2) is 30.5 Å². The molecule has 7 nitrogen and oxygen atoms in total. The highest BCUT2D eigenvalue weighted by molar-refractivity contribution is 7.20. The molecule has 12 heteroatoms. The van der Waals surface area contributed by atoms with Gasteiger partial charge in [-0.15, -0.1) is 11.3 Å². The Bertz CT molecular complexity index is 1380. The van der Waals surface area contributed by atoms with E-state index in [-0.39, 0.29) is 17.8 Å². The van der Waals surface area contributed by atoms with Crippen LogP contribution in [0.4, 0.5) is 28.9 Å². The molecule has 0 bridgehead atoms. The number of pyridine rings is 1. The minimum absolute atomic E-state index is 0.0318. The smallest absolute Gasteiger partial charge is 0.393 e. The molecule has 4 rings (SSSR count). The van der Waals surface area contributed by atoms with Gasteiger partial charge in [0, 0.05) is 19.2 Å². The number of fused-ring (bicyclic) bond motifs is 1. The van der Waals surface area contributed by atoms with Crippen molar-refractivity contribution < 1.29 is 27.1 Å². The highest BCUT2D eigenvalue weighted by atomic mass is 32.1. The lowest BCUT2D eigenvalue weighted by atomic mass is 10.0. The average Bonchev–Trinajstić information content (AvgIpc) is 3.20. The van der Waals surface area contributed by atoms with Crippen molar-refractivity contribution in [1.29, 1.82) is 0 Å². The topological polar surface area (TPSA) is 92.5 Å². The highest BCUT2D eigenvalue weighted by Crippen LogP contribution is 2.39. The summed E-state index contributed by atoms with van der Waals surface area (Å²) in [6.07, 6.45) is -4.68. The van der Waals surface area contributed by atoms with Crippen LogP contribution in [0.5, 0.6) is 5.75 Å². The number of ether oxygens (including phenoxy) is 1. The molecule has 1 aliphatic rings. The van der Waals surface area contributed by atoms with Crippen molar-refractivity contribution in [3.8, 4) is 17.6 Å². The molecule has 1 fully saturated rings. The maximum absolute atomic E-state index is 14.6. The number of amides is 1. The summed E-state index contributed by atoms with van der Waals surface area (Å²) in [5.74, 6) is 5.35. The van der Waals surface area contributed by atoms with Crippen LogP contribution in [0.2, 0.25) is 0 Å². The summed E-state index contributed by atoms with van der Waals surface area (Å²) in [4.78, 5) is 17.5. The third kappa shape index (κ3) is 6.46. The van der Waals surface area contributed by atoms with Crippen LogP contribution in [0.25, 0.3) is 10.1 Å². The van der Waals surface area contributed by atoms with E-state index >= 15 is 0 Å². The number of likely N-dealkylation sites (tertiary alicyclic amines) is 1. The normalized spacial score (nSPS) is 18.1. The molecule has 0 aliphatic carbocycles. The summed E-state index contributed by atoms with van der Waals surface area (Å²) in [5.41, 5.74) is 6.41. The number of nitrogens with two attached hydrogens (primary N) is 1. The molecule has 3 aromatic rings. The monoisotopic (exact) mass is 549 g/mol. The zero-order valence-corrected chi connectivity index (χ0v) is 21.6. The van der Waals surface area contributed by atoms with E-state index < -0.39 is 30.7 Å². The van der Waals surface area contributed by atoms with E-state index in [4.69, 9.17) is 10.5 Å². The molecule has 1 saturated heterocycles. The zero-order valence-electron chi connectivity index (χ0n) is 20.8. The number of halogens is 4. The summed E-state index contributed by atoms with van der Waals surface area (Å²) in [6.45, 7) is 1.11. The minimum Gasteiger partial charge on any atom is -0.494 e. The molecular weight excluding hydrogens is 522 g/mol. The molecule has 38 heavy (non-hydrogen) atoms. The molecule has 202 valence electrons. The van der Waals surface area contributed by atoms with Gasteiger partial charge in [0.15, 0.2) is 0 Å². The van der Waals surface area contributed by atoms with Gasteiger partial charge < -0.3 is 26.0 Å². The van der Waals surface area contributed by atoms with E-state index in [1.165, 1.54) is 19.4 Å². The first-order valence-electron chi connectivity index (χ1n) is 11.8. The molecule has 0 spiro atoms. The van der Waals surface area contributed by atoms with Gasteiger partial charge in [0.2, 0.25) is 0 Å². The van der Waals surface area contributed by atoms with Gasteiger partial charge in [-0.25, -0.2) is 9.37 Å². The standard InChI is InChI=1S/C26H27F4N5O2S/c1-35-10-8-18(17(27)14-35)34-19-6-3-5-15-16(12-26(28,29)30)23(38-24(15)19)7-4-9-32-21-13-33-20(25(31)36)11-22(21)37-2/h3,5-6,11,13,17-18,32,34H,8-10,12,14H2,1-2H3,(H2,31,36). The zero-order chi connectivity index (χ0) is 27.4.